The van der Waals surface area contributed by atoms with Gasteiger partial charge in [-0.2, -0.15) is 5.10 Å². The van der Waals surface area contributed by atoms with Crippen LogP contribution in [0.3, 0.4) is 0 Å². The molecule has 1 aliphatic heterocycles. The smallest absolute Gasteiger partial charge is 0.346 e. The highest BCUT2D eigenvalue weighted by molar-refractivity contribution is 6.07. The summed E-state index contributed by atoms with van der Waals surface area (Å²) in [6.45, 7) is 8.00. The number of methoxy groups -OCH3 is 1. The lowest BCUT2D eigenvalue weighted by Gasteiger charge is -2.21. The van der Waals surface area contributed by atoms with Crippen molar-refractivity contribution in [3.8, 4) is 5.75 Å². The van der Waals surface area contributed by atoms with Crippen LogP contribution in [0.4, 0.5) is 4.79 Å². The maximum atomic E-state index is 12.8. The summed E-state index contributed by atoms with van der Waals surface area (Å²) in [6.07, 6.45) is 6.65. The summed E-state index contributed by atoms with van der Waals surface area (Å²) >= 11 is 0. The summed E-state index contributed by atoms with van der Waals surface area (Å²) in [7, 11) is 1.58. The second kappa shape index (κ2) is 8.84. The van der Waals surface area contributed by atoms with Crippen LogP contribution in [0.2, 0.25) is 0 Å². The second-order valence-electron chi connectivity index (χ2n) is 7.40. The van der Waals surface area contributed by atoms with Gasteiger partial charge in [0.2, 0.25) is 0 Å². The summed E-state index contributed by atoms with van der Waals surface area (Å²) in [4.78, 5) is 25.1. The van der Waals surface area contributed by atoms with Gasteiger partial charge in [-0.15, -0.1) is 5.01 Å². The molecular formula is C21H29N3O3. The van der Waals surface area contributed by atoms with Crippen molar-refractivity contribution >= 4 is 18.2 Å². The first-order chi connectivity index (χ1) is 12.8. The topological polar surface area (TPSA) is 71.0 Å². The molecular weight excluding hydrogens is 342 g/mol. The van der Waals surface area contributed by atoms with Gasteiger partial charge in [-0.1, -0.05) is 30.7 Å². The zero-order valence-corrected chi connectivity index (χ0v) is 16.8. The summed E-state index contributed by atoms with van der Waals surface area (Å²) in [5, 5.41) is 7.80. The van der Waals surface area contributed by atoms with E-state index in [1.807, 2.05) is 0 Å². The molecule has 0 radical (unpaired) electrons. The Morgan fingerprint density at radius 3 is 2.56 bits per heavy atom. The van der Waals surface area contributed by atoms with Crippen LogP contribution in [-0.4, -0.2) is 30.3 Å². The fourth-order valence-corrected chi connectivity index (χ4v) is 2.93. The van der Waals surface area contributed by atoms with E-state index in [1.165, 1.54) is 5.57 Å². The van der Waals surface area contributed by atoms with Gasteiger partial charge in [-0.3, -0.25) is 4.79 Å². The van der Waals surface area contributed by atoms with E-state index in [4.69, 9.17) is 4.74 Å². The molecule has 0 aliphatic carbocycles. The van der Waals surface area contributed by atoms with Gasteiger partial charge >= 0.3 is 6.03 Å². The number of benzene rings is 1. The highest BCUT2D eigenvalue weighted by atomic mass is 16.5. The third kappa shape index (κ3) is 4.96. The van der Waals surface area contributed by atoms with E-state index in [0.717, 1.165) is 17.9 Å². The van der Waals surface area contributed by atoms with Crippen molar-refractivity contribution < 1.29 is 14.3 Å². The van der Waals surface area contributed by atoms with Crippen molar-refractivity contribution in [2.24, 2.45) is 11.0 Å². The van der Waals surface area contributed by atoms with Crippen molar-refractivity contribution in [3.05, 3.63) is 41.5 Å². The van der Waals surface area contributed by atoms with Gasteiger partial charge in [0.25, 0.3) is 5.91 Å². The number of hydrogen-bond donors (Lipinski definition) is 1. The Morgan fingerprint density at radius 1 is 1.30 bits per heavy atom. The van der Waals surface area contributed by atoms with Gasteiger partial charge in [0.05, 0.1) is 7.11 Å². The Morgan fingerprint density at radius 2 is 1.96 bits per heavy atom. The van der Waals surface area contributed by atoms with Crippen molar-refractivity contribution in [1.82, 2.24) is 10.3 Å². The number of hydrazone groups is 1. The third-order valence-corrected chi connectivity index (χ3v) is 4.75. The van der Waals surface area contributed by atoms with Crippen molar-refractivity contribution in [3.63, 3.8) is 0 Å². The average molecular weight is 371 g/mol. The Balaban J connectivity index is 2.01. The molecule has 27 heavy (non-hydrogen) atoms. The van der Waals surface area contributed by atoms with Gasteiger partial charge < -0.3 is 10.1 Å². The van der Waals surface area contributed by atoms with Crippen molar-refractivity contribution in [2.45, 2.75) is 52.5 Å². The molecule has 0 spiro atoms. The Hall–Kier alpha value is -2.63. The van der Waals surface area contributed by atoms with Gasteiger partial charge in [0.15, 0.2) is 0 Å². The monoisotopic (exact) mass is 371 g/mol. The number of imide groups is 1. The number of nitrogens with zero attached hydrogens (tertiary/aromatic N) is 2. The van der Waals surface area contributed by atoms with E-state index in [-0.39, 0.29) is 5.91 Å². The minimum absolute atomic E-state index is 0.383. The zero-order chi connectivity index (χ0) is 20.0. The molecule has 1 aromatic rings. The van der Waals surface area contributed by atoms with Crippen molar-refractivity contribution in [1.29, 1.82) is 0 Å². The fraction of sp³-hybridized carbons (Fsp3) is 0.476. The summed E-state index contributed by atoms with van der Waals surface area (Å²) in [5.74, 6) is 0.736. The molecule has 2 atom stereocenters. The molecule has 0 bridgehead atoms. The van der Waals surface area contributed by atoms with E-state index in [2.05, 4.69) is 37.3 Å². The molecule has 0 unspecified atom stereocenters. The Kier molecular flexibility index (Phi) is 6.77. The lowest BCUT2D eigenvalue weighted by atomic mass is 9.92. The van der Waals surface area contributed by atoms with Crippen LogP contribution in [0.1, 0.15) is 52.5 Å². The molecule has 0 aromatic heterocycles. The lowest BCUT2D eigenvalue weighted by Crippen LogP contribution is -2.40. The highest BCUT2D eigenvalue weighted by Gasteiger charge is 2.49. The van der Waals surface area contributed by atoms with Crippen LogP contribution in [-0.2, 0) is 10.3 Å². The molecule has 1 aromatic carbocycles. The average Bonchev–Trinajstić information content (AvgIpc) is 2.85. The normalized spacial score (nSPS) is 20.7. The van der Waals surface area contributed by atoms with Crippen LogP contribution < -0.4 is 10.1 Å². The molecule has 6 heteroatoms. The van der Waals surface area contributed by atoms with E-state index in [1.54, 1.807) is 44.5 Å². The quantitative estimate of drug-likeness (QED) is 0.422. The van der Waals surface area contributed by atoms with Gasteiger partial charge in [0, 0.05) is 6.21 Å². The molecule has 1 aliphatic rings. The fourth-order valence-electron chi connectivity index (χ4n) is 2.93. The second-order valence-corrected chi connectivity index (χ2v) is 7.40. The predicted octanol–water partition coefficient (Wildman–Crippen LogP) is 4.22. The first-order valence-corrected chi connectivity index (χ1v) is 9.25. The molecule has 0 saturated carbocycles. The number of allylic oxidation sites excluding steroid dienone is 2. The number of amides is 3. The Labute approximate surface area is 161 Å². The highest BCUT2D eigenvalue weighted by Crippen LogP contribution is 2.30. The van der Waals surface area contributed by atoms with E-state index >= 15 is 0 Å². The number of urea groups is 1. The van der Waals surface area contributed by atoms with Crippen LogP contribution in [0.25, 0.3) is 0 Å². The van der Waals surface area contributed by atoms with Gasteiger partial charge in [-0.05, 0) is 63.6 Å². The molecule has 1 N–H and O–H groups in total. The number of nitrogens with one attached hydrogen (secondary N) is 1. The molecule has 1 fully saturated rings. The largest absolute Gasteiger partial charge is 0.497 e. The summed E-state index contributed by atoms with van der Waals surface area (Å²) in [5.41, 5.74) is 0.873. The predicted molar refractivity (Wildman–Crippen MR) is 107 cm³/mol. The van der Waals surface area contributed by atoms with Gasteiger partial charge in [-0.25, -0.2) is 4.79 Å². The molecule has 1 heterocycles. The Bertz CT molecular complexity index is 736. The minimum atomic E-state index is -1.13. The first-order valence-electron chi connectivity index (χ1n) is 9.25. The molecule has 6 nitrogen and oxygen atoms in total. The number of hydrogen-bond acceptors (Lipinski definition) is 4. The third-order valence-electron chi connectivity index (χ3n) is 4.75. The molecule has 146 valence electrons. The van der Waals surface area contributed by atoms with Crippen LogP contribution in [0, 0.1) is 5.92 Å². The van der Waals surface area contributed by atoms with E-state index < -0.39 is 11.6 Å². The van der Waals surface area contributed by atoms with E-state index in [0.29, 0.717) is 23.7 Å². The number of rotatable bonds is 8. The van der Waals surface area contributed by atoms with Crippen molar-refractivity contribution in [2.75, 3.05) is 7.11 Å². The molecule has 1 saturated heterocycles. The minimum Gasteiger partial charge on any atom is -0.497 e. The molecule has 2 rings (SSSR count). The first kappa shape index (κ1) is 20.7. The SMILES string of the molecule is COc1ccc([C@]2(C)NC(=O)N(/N=C\C[C@H](C)CCC=C(C)C)C2=O)cc1. The standard InChI is InChI=1S/C21H29N3O3/c1-15(2)7-6-8-16(3)13-14-22-24-19(25)21(4,23-20(24)26)17-9-11-18(27-5)12-10-17/h7,9-12,14,16H,6,8,13H2,1-5H3,(H,23,26)/b22-14-/t16-,21+/m1/s1. The number of carbonyl (C=O) groups excluding carboxylic acids is 2. The van der Waals surface area contributed by atoms with E-state index in [9.17, 15) is 9.59 Å². The maximum absolute atomic E-state index is 12.8. The van der Waals surface area contributed by atoms with Crippen LogP contribution in [0.15, 0.2) is 41.0 Å². The van der Waals surface area contributed by atoms with Gasteiger partial charge in [0.1, 0.15) is 11.3 Å². The summed E-state index contributed by atoms with van der Waals surface area (Å²) in [6, 6.07) is 6.57. The number of ether oxygens (including phenoxy) is 1. The van der Waals surface area contributed by atoms with Crippen LogP contribution in [0.5, 0.6) is 5.75 Å². The zero-order valence-electron chi connectivity index (χ0n) is 16.8. The molecule has 3 amide bonds. The summed E-state index contributed by atoms with van der Waals surface area (Å²) < 4.78 is 5.14. The lowest BCUT2D eigenvalue weighted by molar-refractivity contribution is -0.131. The number of carbonyl (C=O) groups is 2. The van der Waals surface area contributed by atoms with Crippen LogP contribution >= 0.6 is 0 Å². The maximum Gasteiger partial charge on any atom is 0.346 e.